The zero-order valence-corrected chi connectivity index (χ0v) is 9.36. The summed E-state index contributed by atoms with van der Waals surface area (Å²) in [7, 11) is 0. The van der Waals surface area contributed by atoms with Crippen molar-refractivity contribution < 1.29 is 0 Å². The Hall–Kier alpha value is -1.06. The maximum absolute atomic E-state index is 4.08. The van der Waals surface area contributed by atoms with E-state index in [1.165, 1.54) is 0 Å². The summed E-state index contributed by atoms with van der Waals surface area (Å²) in [5, 5.41) is 6.95. The molecule has 0 bridgehead atoms. The number of rotatable bonds is 0. The van der Waals surface area contributed by atoms with Crippen molar-refractivity contribution in [1.82, 2.24) is 10.7 Å². The first kappa shape index (κ1) is 11.0. The Balaban J connectivity index is 0.000000140. The van der Waals surface area contributed by atoms with Crippen molar-refractivity contribution in [2.45, 2.75) is 45.8 Å². The molecule has 0 saturated heterocycles. The first-order valence-corrected chi connectivity index (χ1v) is 5.17. The van der Waals surface area contributed by atoms with E-state index in [0.29, 0.717) is 24.0 Å². The highest BCUT2D eigenvalue weighted by Gasteiger charge is 2.12. The van der Waals surface area contributed by atoms with E-state index in [0.717, 1.165) is 0 Å². The minimum atomic E-state index is 0.472. The SMILES string of the molecule is CC1C=NNC1C.CC1N=CNC1C. The van der Waals surface area contributed by atoms with Crippen LogP contribution < -0.4 is 10.7 Å². The zero-order chi connectivity index (χ0) is 10.6. The molecule has 4 nitrogen and oxygen atoms in total. The number of hydrogen-bond acceptors (Lipinski definition) is 4. The van der Waals surface area contributed by atoms with Crippen molar-refractivity contribution in [2.75, 3.05) is 0 Å². The number of aliphatic imine (C=N–C) groups is 1. The van der Waals surface area contributed by atoms with Gasteiger partial charge in [-0.2, -0.15) is 5.10 Å². The summed E-state index contributed by atoms with van der Waals surface area (Å²) in [6.45, 7) is 8.49. The van der Waals surface area contributed by atoms with Gasteiger partial charge in [0.2, 0.25) is 0 Å². The van der Waals surface area contributed by atoms with Crippen LogP contribution in [-0.4, -0.2) is 30.7 Å². The minimum absolute atomic E-state index is 0.472. The minimum Gasteiger partial charge on any atom is -0.372 e. The van der Waals surface area contributed by atoms with Gasteiger partial charge in [0.25, 0.3) is 0 Å². The summed E-state index contributed by atoms with van der Waals surface area (Å²) in [6, 6.07) is 1.56. The molecule has 0 spiro atoms. The summed E-state index contributed by atoms with van der Waals surface area (Å²) < 4.78 is 0. The zero-order valence-electron chi connectivity index (χ0n) is 9.36. The number of hydrazone groups is 1. The molecule has 0 aromatic heterocycles. The molecule has 2 heterocycles. The third kappa shape index (κ3) is 3.01. The van der Waals surface area contributed by atoms with Gasteiger partial charge in [-0.25, -0.2) is 0 Å². The van der Waals surface area contributed by atoms with Gasteiger partial charge in [0.1, 0.15) is 0 Å². The highest BCUT2D eigenvalue weighted by molar-refractivity contribution is 5.62. The maximum atomic E-state index is 4.08. The van der Waals surface area contributed by atoms with E-state index in [1.807, 2.05) is 6.21 Å². The fourth-order valence-electron chi connectivity index (χ4n) is 1.07. The van der Waals surface area contributed by atoms with Crippen molar-refractivity contribution in [2.24, 2.45) is 16.0 Å². The quantitative estimate of drug-likeness (QED) is 0.607. The summed E-state index contributed by atoms with van der Waals surface area (Å²) >= 11 is 0. The van der Waals surface area contributed by atoms with Gasteiger partial charge in [-0.3, -0.25) is 4.99 Å². The normalized spacial score (nSPS) is 38.6. The van der Waals surface area contributed by atoms with Gasteiger partial charge in [0.15, 0.2) is 0 Å². The molecular formula is C10H20N4. The molecule has 0 saturated carbocycles. The number of nitrogens with zero attached hydrogens (tertiary/aromatic N) is 2. The lowest BCUT2D eigenvalue weighted by atomic mass is 10.1. The first-order chi connectivity index (χ1) is 6.61. The molecule has 0 fully saturated rings. The Kier molecular flexibility index (Phi) is 3.92. The average molecular weight is 196 g/mol. The maximum Gasteiger partial charge on any atom is 0.0830 e. The molecular weight excluding hydrogens is 176 g/mol. The Labute approximate surface area is 85.9 Å². The fourth-order valence-corrected chi connectivity index (χ4v) is 1.07. The topological polar surface area (TPSA) is 48.8 Å². The largest absolute Gasteiger partial charge is 0.372 e. The van der Waals surface area contributed by atoms with Crippen molar-refractivity contribution in [3.63, 3.8) is 0 Å². The van der Waals surface area contributed by atoms with Crippen LogP contribution in [0, 0.1) is 5.92 Å². The van der Waals surface area contributed by atoms with E-state index in [2.05, 4.69) is 48.5 Å². The second kappa shape index (κ2) is 4.98. The lowest BCUT2D eigenvalue weighted by Crippen LogP contribution is -2.25. The lowest BCUT2D eigenvalue weighted by molar-refractivity contribution is 0.544. The Morgan fingerprint density at radius 3 is 1.93 bits per heavy atom. The van der Waals surface area contributed by atoms with E-state index in [1.54, 1.807) is 6.34 Å². The van der Waals surface area contributed by atoms with E-state index in [4.69, 9.17) is 0 Å². The van der Waals surface area contributed by atoms with Crippen molar-refractivity contribution in [1.29, 1.82) is 0 Å². The van der Waals surface area contributed by atoms with Crippen molar-refractivity contribution in [3.05, 3.63) is 0 Å². The van der Waals surface area contributed by atoms with E-state index < -0.39 is 0 Å². The molecule has 2 rings (SSSR count). The molecule has 14 heavy (non-hydrogen) atoms. The summed E-state index contributed by atoms with van der Waals surface area (Å²) in [5.41, 5.74) is 2.94. The molecule has 2 N–H and O–H groups in total. The number of nitrogens with one attached hydrogen (secondary N) is 2. The highest BCUT2D eigenvalue weighted by atomic mass is 15.3. The molecule has 0 aliphatic carbocycles. The first-order valence-electron chi connectivity index (χ1n) is 5.17. The standard InChI is InChI=1S/2C5H10N2/c1-4-5(2)7-3-6-4;1-4-3-6-7-5(4)2/h3-5H,1-2H3,(H,6,7);3-5,7H,1-2H3. The van der Waals surface area contributed by atoms with E-state index in [-0.39, 0.29) is 0 Å². The molecule has 0 aromatic carbocycles. The third-order valence-electron chi connectivity index (χ3n) is 2.75. The second-order valence-corrected chi connectivity index (χ2v) is 4.03. The van der Waals surface area contributed by atoms with Crippen molar-refractivity contribution in [3.8, 4) is 0 Å². The van der Waals surface area contributed by atoms with Crippen molar-refractivity contribution >= 4 is 12.6 Å². The van der Waals surface area contributed by atoms with Crippen LogP contribution in [0.5, 0.6) is 0 Å². The van der Waals surface area contributed by atoms with Gasteiger partial charge in [-0.05, 0) is 20.8 Å². The molecule has 4 atom stereocenters. The molecule has 2 aliphatic heterocycles. The third-order valence-corrected chi connectivity index (χ3v) is 2.75. The molecule has 80 valence electrons. The molecule has 2 aliphatic rings. The van der Waals surface area contributed by atoms with Crippen LogP contribution in [0.2, 0.25) is 0 Å². The van der Waals surface area contributed by atoms with Gasteiger partial charge in [0.05, 0.1) is 12.4 Å². The van der Waals surface area contributed by atoms with Crippen LogP contribution in [0.4, 0.5) is 0 Å². The van der Waals surface area contributed by atoms with Crippen LogP contribution in [0.25, 0.3) is 0 Å². The predicted octanol–water partition coefficient (Wildman–Crippen LogP) is 0.995. The second-order valence-electron chi connectivity index (χ2n) is 4.03. The Morgan fingerprint density at radius 1 is 1.07 bits per heavy atom. The van der Waals surface area contributed by atoms with Gasteiger partial charge < -0.3 is 10.7 Å². The van der Waals surface area contributed by atoms with E-state index >= 15 is 0 Å². The van der Waals surface area contributed by atoms with Crippen LogP contribution in [0.3, 0.4) is 0 Å². The van der Waals surface area contributed by atoms with Gasteiger partial charge in [-0.1, -0.05) is 6.92 Å². The number of hydrogen-bond donors (Lipinski definition) is 2. The summed E-state index contributed by atoms with van der Waals surface area (Å²) in [5.74, 6) is 0.611. The highest BCUT2D eigenvalue weighted by Crippen LogP contribution is 2.02. The van der Waals surface area contributed by atoms with Crippen LogP contribution >= 0.6 is 0 Å². The average Bonchev–Trinajstić information content (AvgIpc) is 2.67. The fraction of sp³-hybridized carbons (Fsp3) is 0.800. The van der Waals surface area contributed by atoms with Gasteiger partial charge >= 0.3 is 0 Å². The van der Waals surface area contributed by atoms with Gasteiger partial charge in [0, 0.05) is 24.2 Å². The monoisotopic (exact) mass is 196 g/mol. The molecule has 0 amide bonds. The summed E-state index contributed by atoms with van der Waals surface area (Å²) in [4.78, 5) is 4.08. The Bertz CT molecular complexity index is 200. The molecule has 0 aromatic rings. The van der Waals surface area contributed by atoms with E-state index in [9.17, 15) is 0 Å². The summed E-state index contributed by atoms with van der Waals surface area (Å²) in [6.07, 6.45) is 3.71. The predicted molar refractivity (Wildman–Crippen MR) is 60.8 cm³/mol. The molecule has 0 radical (unpaired) electrons. The molecule has 4 heteroatoms. The van der Waals surface area contributed by atoms with Crippen LogP contribution in [0.15, 0.2) is 10.1 Å². The van der Waals surface area contributed by atoms with Gasteiger partial charge in [-0.15, -0.1) is 0 Å². The lowest BCUT2D eigenvalue weighted by Gasteiger charge is -2.04. The van der Waals surface area contributed by atoms with Crippen LogP contribution in [0.1, 0.15) is 27.7 Å². The smallest absolute Gasteiger partial charge is 0.0830 e. The molecule has 4 unspecified atom stereocenters. The van der Waals surface area contributed by atoms with Crippen LogP contribution in [-0.2, 0) is 0 Å². The Morgan fingerprint density at radius 2 is 1.79 bits per heavy atom.